The Labute approximate surface area is 122 Å². The molecule has 0 bridgehead atoms. The molecule has 0 aromatic rings. The Hall–Kier alpha value is -0.0400. The van der Waals surface area contributed by atoms with Crippen molar-refractivity contribution in [3.8, 4) is 0 Å². The first kappa shape index (κ1) is 19.0. The van der Waals surface area contributed by atoms with Crippen molar-refractivity contribution in [3.05, 3.63) is 0 Å². The highest BCUT2D eigenvalue weighted by molar-refractivity contribution is 4.73. The minimum absolute atomic E-state index is 0.124. The topological polar surface area (TPSA) is 20.2 Å². The Balaban J connectivity index is 3.88. The number of aliphatic hydroxyl groups is 1. The van der Waals surface area contributed by atoms with Gasteiger partial charge in [0.05, 0.1) is 6.10 Å². The lowest BCUT2D eigenvalue weighted by Gasteiger charge is -2.27. The molecule has 0 spiro atoms. The largest absolute Gasteiger partial charge is 0.393 e. The van der Waals surface area contributed by atoms with Gasteiger partial charge >= 0.3 is 0 Å². The smallest absolute Gasteiger partial charge is 0.0566 e. The zero-order valence-electron chi connectivity index (χ0n) is 14.7. The minimum Gasteiger partial charge on any atom is -0.393 e. The molecule has 116 valence electrons. The maximum Gasteiger partial charge on any atom is 0.0566 e. The van der Waals surface area contributed by atoms with E-state index in [4.69, 9.17) is 0 Å². The van der Waals surface area contributed by atoms with E-state index in [2.05, 4.69) is 55.4 Å². The first-order chi connectivity index (χ1) is 8.41. The molecule has 0 fully saturated rings. The number of hydrogen-bond acceptors (Lipinski definition) is 1. The summed E-state index contributed by atoms with van der Waals surface area (Å²) in [6.45, 7) is 18.2. The van der Waals surface area contributed by atoms with E-state index in [0.717, 1.165) is 25.2 Å². The number of rotatable bonds is 7. The van der Waals surface area contributed by atoms with Crippen LogP contribution in [-0.4, -0.2) is 11.2 Å². The average Bonchev–Trinajstić information content (AvgIpc) is 2.11. The Morgan fingerprint density at radius 1 is 0.789 bits per heavy atom. The molecule has 0 saturated heterocycles. The summed E-state index contributed by atoms with van der Waals surface area (Å²) in [6.07, 6.45) is 5.63. The Bertz CT molecular complexity index is 231. The fourth-order valence-electron chi connectivity index (χ4n) is 3.21. The van der Waals surface area contributed by atoms with Gasteiger partial charge < -0.3 is 5.11 Å². The van der Waals surface area contributed by atoms with Crippen LogP contribution in [0.25, 0.3) is 0 Å². The zero-order chi connectivity index (χ0) is 15.3. The van der Waals surface area contributed by atoms with Crippen molar-refractivity contribution in [1.82, 2.24) is 0 Å². The SMILES string of the molecule is CC(CCCC(O)C(C)CC(C)(C)C)CC(C)(C)C. The molecule has 0 rings (SSSR count). The van der Waals surface area contributed by atoms with Crippen LogP contribution in [-0.2, 0) is 0 Å². The molecule has 0 heterocycles. The summed E-state index contributed by atoms with van der Waals surface area (Å²) < 4.78 is 0. The van der Waals surface area contributed by atoms with E-state index in [1.165, 1.54) is 12.8 Å². The van der Waals surface area contributed by atoms with Gasteiger partial charge in [0.1, 0.15) is 0 Å². The molecule has 0 radical (unpaired) electrons. The van der Waals surface area contributed by atoms with Gasteiger partial charge in [-0.1, -0.05) is 68.2 Å². The molecule has 3 unspecified atom stereocenters. The summed E-state index contributed by atoms with van der Waals surface area (Å²) in [5, 5.41) is 10.2. The standard InChI is InChI=1S/C18H38O/c1-14(12-17(3,4)5)10-9-11-16(19)15(2)13-18(6,7)8/h14-16,19H,9-13H2,1-8H3. The van der Waals surface area contributed by atoms with Gasteiger partial charge in [-0.15, -0.1) is 0 Å². The molecule has 0 aliphatic carbocycles. The van der Waals surface area contributed by atoms with Crippen molar-refractivity contribution in [2.45, 2.75) is 93.6 Å². The summed E-state index contributed by atoms with van der Waals surface area (Å²) in [7, 11) is 0. The van der Waals surface area contributed by atoms with Crippen LogP contribution in [0.15, 0.2) is 0 Å². The molecule has 0 aromatic heterocycles. The van der Waals surface area contributed by atoms with Gasteiger partial charge in [0.15, 0.2) is 0 Å². The predicted octanol–water partition coefficient (Wildman–Crippen LogP) is 5.66. The van der Waals surface area contributed by atoms with Crippen LogP contribution in [0.5, 0.6) is 0 Å². The average molecular weight is 271 g/mol. The van der Waals surface area contributed by atoms with Crippen molar-refractivity contribution >= 4 is 0 Å². The number of aliphatic hydroxyl groups excluding tert-OH is 1. The lowest BCUT2D eigenvalue weighted by molar-refractivity contribution is 0.0796. The van der Waals surface area contributed by atoms with Gasteiger partial charge in [-0.25, -0.2) is 0 Å². The van der Waals surface area contributed by atoms with Gasteiger partial charge in [0, 0.05) is 0 Å². The van der Waals surface area contributed by atoms with Crippen molar-refractivity contribution < 1.29 is 5.11 Å². The van der Waals surface area contributed by atoms with E-state index in [9.17, 15) is 5.11 Å². The second kappa shape index (κ2) is 7.67. The minimum atomic E-state index is -0.124. The van der Waals surface area contributed by atoms with Crippen LogP contribution in [0.2, 0.25) is 0 Å². The van der Waals surface area contributed by atoms with Crippen LogP contribution in [0.3, 0.4) is 0 Å². The highest BCUT2D eigenvalue weighted by Gasteiger charge is 2.21. The monoisotopic (exact) mass is 270 g/mol. The fourth-order valence-corrected chi connectivity index (χ4v) is 3.21. The summed E-state index contributed by atoms with van der Waals surface area (Å²) in [4.78, 5) is 0. The molecule has 1 heteroatoms. The van der Waals surface area contributed by atoms with Crippen molar-refractivity contribution in [1.29, 1.82) is 0 Å². The Morgan fingerprint density at radius 3 is 1.68 bits per heavy atom. The van der Waals surface area contributed by atoms with Crippen LogP contribution < -0.4 is 0 Å². The lowest BCUT2D eigenvalue weighted by atomic mass is 9.81. The third kappa shape index (κ3) is 11.5. The highest BCUT2D eigenvalue weighted by atomic mass is 16.3. The van der Waals surface area contributed by atoms with Crippen molar-refractivity contribution in [3.63, 3.8) is 0 Å². The molecule has 0 amide bonds. The van der Waals surface area contributed by atoms with E-state index in [1.807, 2.05) is 0 Å². The van der Waals surface area contributed by atoms with Crippen molar-refractivity contribution in [2.75, 3.05) is 0 Å². The maximum atomic E-state index is 10.2. The first-order valence-corrected chi connectivity index (χ1v) is 8.09. The van der Waals surface area contributed by atoms with Gasteiger partial charge in [-0.3, -0.25) is 0 Å². The second-order valence-corrected chi connectivity index (χ2v) is 9.11. The second-order valence-electron chi connectivity index (χ2n) is 9.11. The summed E-state index contributed by atoms with van der Waals surface area (Å²) >= 11 is 0. The third-order valence-corrected chi connectivity index (χ3v) is 3.75. The molecule has 0 aliphatic rings. The molecule has 0 saturated carbocycles. The van der Waals surface area contributed by atoms with Gasteiger partial charge in [-0.2, -0.15) is 0 Å². The molecular formula is C18H38O. The number of hydrogen-bond donors (Lipinski definition) is 1. The molecular weight excluding hydrogens is 232 g/mol. The molecule has 1 N–H and O–H groups in total. The van der Waals surface area contributed by atoms with E-state index in [-0.39, 0.29) is 6.10 Å². The Kier molecular flexibility index (Phi) is 7.65. The summed E-state index contributed by atoms with van der Waals surface area (Å²) in [5.74, 6) is 1.18. The van der Waals surface area contributed by atoms with Crippen LogP contribution in [0.4, 0.5) is 0 Å². The normalized spacial score (nSPS) is 18.2. The first-order valence-electron chi connectivity index (χ1n) is 8.09. The summed E-state index contributed by atoms with van der Waals surface area (Å²) in [6, 6.07) is 0. The van der Waals surface area contributed by atoms with E-state index in [0.29, 0.717) is 16.7 Å². The Morgan fingerprint density at radius 2 is 1.26 bits per heavy atom. The zero-order valence-corrected chi connectivity index (χ0v) is 14.7. The van der Waals surface area contributed by atoms with Gasteiger partial charge in [0.25, 0.3) is 0 Å². The molecule has 0 aliphatic heterocycles. The molecule has 19 heavy (non-hydrogen) atoms. The predicted molar refractivity (Wildman–Crippen MR) is 86.3 cm³/mol. The highest BCUT2D eigenvalue weighted by Crippen LogP contribution is 2.29. The third-order valence-electron chi connectivity index (χ3n) is 3.75. The molecule has 3 atom stereocenters. The quantitative estimate of drug-likeness (QED) is 0.632. The van der Waals surface area contributed by atoms with E-state index >= 15 is 0 Å². The van der Waals surface area contributed by atoms with Crippen molar-refractivity contribution in [2.24, 2.45) is 22.7 Å². The van der Waals surface area contributed by atoms with E-state index < -0.39 is 0 Å². The van der Waals surface area contributed by atoms with Gasteiger partial charge in [-0.05, 0) is 41.9 Å². The lowest BCUT2D eigenvalue weighted by Crippen LogP contribution is -2.23. The van der Waals surface area contributed by atoms with Gasteiger partial charge in [0.2, 0.25) is 0 Å². The summed E-state index contributed by atoms with van der Waals surface area (Å²) in [5.41, 5.74) is 0.748. The van der Waals surface area contributed by atoms with Crippen LogP contribution in [0.1, 0.15) is 87.5 Å². The fraction of sp³-hybridized carbons (Fsp3) is 1.00. The van der Waals surface area contributed by atoms with Crippen LogP contribution in [0, 0.1) is 22.7 Å². The van der Waals surface area contributed by atoms with Crippen LogP contribution >= 0.6 is 0 Å². The molecule has 1 nitrogen and oxygen atoms in total. The molecule has 0 aromatic carbocycles. The maximum absolute atomic E-state index is 10.2. The van der Waals surface area contributed by atoms with E-state index in [1.54, 1.807) is 0 Å².